The third kappa shape index (κ3) is 2.89. The van der Waals surface area contributed by atoms with Crippen molar-refractivity contribution in [1.82, 2.24) is 0 Å². The zero-order valence-corrected chi connectivity index (χ0v) is 13.0. The van der Waals surface area contributed by atoms with E-state index >= 15 is 0 Å². The van der Waals surface area contributed by atoms with Gasteiger partial charge in [-0.05, 0) is 18.9 Å². The van der Waals surface area contributed by atoms with Crippen molar-refractivity contribution < 1.29 is 23.9 Å². The van der Waals surface area contributed by atoms with E-state index in [1.165, 1.54) is 6.92 Å². The molecule has 0 spiro atoms. The number of ketones is 1. The second-order valence-electron chi connectivity index (χ2n) is 5.37. The zero-order valence-electron chi connectivity index (χ0n) is 13.0. The number of ether oxygens (including phenoxy) is 2. The molecule has 0 amide bonds. The Balaban J connectivity index is 2.27. The molecule has 1 saturated carbocycles. The van der Waals surface area contributed by atoms with Gasteiger partial charge in [-0.2, -0.15) is 0 Å². The lowest BCUT2D eigenvalue weighted by Gasteiger charge is -2.15. The van der Waals surface area contributed by atoms with Gasteiger partial charge in [-0.1, -0.05) is 31.2 Å². The van der Waals surface area contributed by atoms with Gasteiger partial charge in [0.25, 0.3) is 0 Å². The highest BCUT2D eigenvalue weighted by Gasteiger charge is 2.69. The van der Waals surface area contributed by atoms with Crippen molar-refractivity contribution in [2.45, 2.75) is 39.7 Å². The Bertz CT molecular complexity index is 590. The third-order valence-electron chi connectivity index (χ3n) is 3.87. The van der Waals surface area contributed by atoms with Crippen LogP contribution in [0, 0.1) is 5.41 Å². The number of carbonyl (C=O) groups is 3. The first kappa shape index (κ1) is 16.2. The first-order valence-corrected chi connectivity index (χ1v) is 7.43. The molecule has 1 aromatic rings. The van der Waals surface area contributed by atoms with E-state index in [9.17, 15) is 14.4 Å². The molecule has 0 saturated heterocycles. The van der Waals surface area contributed by atoms with Crippen LogP contribution >= 0.6 is 0 Å². The van der Waals surface area contributed by atoms with Crippen LogP contribution in [0.5, 0.6) is 0 Å². The summed E-state index contributed by atoms with van der Waals surface area (Å²) >= 11 is 0. The number of hydrogen-bond donors (Lipinski definition) is 0. The van der Waals surface area contributed by atoms with Crippen LogP contribution in [-0.2, 0) is 25.5 Å². The molecule has 0 radical (unpaired) electrons. The predicted octanol–water partition coefficient (Wildman–Crippen LogP) is 2.32. The molecule has 5 nitrogen and oxygen atoms in total. The number of hydrogen-bond acceptors (Lipinski definition) is 5. The molecule has 118 valence electrons. The van der Waals surface area contributed by atoms with E-state index in [1.54, 1.807) is 19.1 Å². The Morgan fingerprint density at radius 2 is 1.82 bits per heavy atom. The topological polar surface area (TPSA) is 69.7 Å². The summed E-state index contributed by atoms with van der Waals surface area (Å²) in [4.78, 5) is 36.1. The number of carbonyl (C=O) groups excluding carboxylic acids is 3. The van der Waals surface area contributed by atoms with E-state index in [2.05, 4.69) is 0 Å². The van der Waals surface area contributed by atoms with Gasteiger partial charge in [-0.25, -0.2) is 0 Å². The quantitative estimate of drug-likeness (QED) is 0.458. The van der Waals surface area contributed by atoms with Gasteiger partial charge in [0.05, 0.1) is 6.61 Å². The van der Waals surface area contributed by atoms with Crippen molar-refractivity contribution >= 4 is 17.7 Å². The predicted molar refractivity (Wildman–Crippen MR) is 79.4 cm³/mol. The van der Waals surface area contributed by atoms with Gasteiger partial charge in [0.2, 0.25) is 0 Å². The number of benzene rings is 1. The molecule has 22 heavy (non-hydrogen) atoms. The van der Waals surface area contributed by atoms with Crippen LogP contribution in [0.25, 0.3) is 0 Å². The minimum absolute atomic E-state index is 0.176. The van der Waals surface area contributed by atoms with Crippen LogP contribution in [-0.4, -0.2) is 30.4 Å². The van der Waals surface area contributed by atoms with Gasteiger partial charge < -0.3 is 9.47 Å². The molecule has 1 fully saturated rings. The Labute approximate surface area is 129 Å². The monoisotopic (exact) mass is 304 g/mol. The highest BCUT2D eigenvalue weighted by Crippen LogP contribution is 2.52. The van der Waals surface area contributed by atoms with Crippen LogP contribution < -0.4 is 0 Å². The smallest absolute Gasteiger partial charge is 0.324 e. The maximum absolute atomic E-state index is 12.7. The van der Waals surface area contributed by atoms with Gasteiger partial charge in [-0.3, -0.25) is 14.4 Å². The minimum Gasteiger partial charge on any atom is -0.465 e. The molecule has 0 heterocycles. The first-order valence-electron chi connectivity index (χ1n) is 7.43. The Morgan fingerprint density at radius 3 is 2.32 bits per heavy atom. The normalized spacial score (nSPS) is 22.8. The number of rotatable bonds is 6. The molecule has 1 aromatic carbocycles. The van der Waals surface area contributed by atoms with Gasteiger partial charge >= 0.3 is 11.9 Å². The maximum atomic E-state index is 12.7. The van der Waals surface area contributed by atoms with Gasteiger partial charge in [0, 0.05) is 18.9 Å². The molecule has 2 atom stereocenters. The van der Waals surface area contributed by atoms with E-state index in [-0.39, 0.29) is 18.8 Å². The van der Waals surface area contributed by atoms with Crippen LogP contribution in [0.15, 0.2) is 24.3 Å². The number of aryl methyl sites for hydroxylation is 1. The summed E-state index contributed by atoms with van der Waals surface area (Å²) < 4.78 is 10.1. The minimum atomic E-state index is -1.38. The van der Waals surface area contributed by atoms with Crippen molar-refractivity contribution in [2.75, 3.05) is 6.61 Å². The first-order chi connectivity index (χ1) is 10.5. The molecular formula is C17H20O5. The highest BCUT2D eigenvalue weighted by atomic mass is 16.6. The maximum Gasteiger partial charge on any atom is 0.324 e. The summed E-state index contributed by atoms with van der Waals surface area (Å²) in [5.41, 5.74) is 0.157. The van der Waals surface area contributed by atoms with Crippen molar-refractivity contribution in [2.24, 2.45) is 5.41 Å². The van der Waals surface area contributed by atoms with Crippen LogP contribution in [0.2, 0.25) is 0 Å². The van der Waals surface area contributed by atoms with Crippen molar-refractivity contribution in [3.8, 4) is 0 Å². The van der Waals surface area contributed by atoms with Crippen LogP contribution in [0.3, 0.4) is 0 Å². The summed E-state index contributed by atoms with van der Waals surface area (Å²) in [6.07, 6.45) is 0.315. The summed E-state index contributed by atoms with van der Waals surface area (Å²) in [5, 5.41) is 0. The molecule has 0 aromatic heterocycles. The highest BCUT2D eigenvalue weighted by molar-refractivity contribution is 6.16. The summed E-state index contributed by atoms with van der Waals surface area (Å²) in [6.45, 7) is 5.13. The second-order valence-corrected chi connectivity index (χ2v) is 5.37. The van der Waals surface area contributed by atoms with Crippen molar-refractivity contribution in [3.05, 3.63) is 35.4 Å². The zero-order chi connectivity index (χ0) is 16.3. The van der Waals surface area contributed by atoms with Crippen LogP contribution in [0.4, 0.5) is 0 Å². The molecular weight excluding hydrogens is 284 g/mol. The molecule has 2 rings (SSSR count). The average molecular weight is 304 g/mol. The van der Waals surface area contributed by atoms with Gasteiger partial charge in [0.15, 0.2) is 11.2 Å². The van der Waals surface area contributed by atoms with E-state index in [0.717, 1.165) is 12.0 Å². The number of esters is 2. The third-order valence-corrected chi connectivity index (χ3v) is 3.87. The molecule has 0 bridgehead atoms. The second kappa shape index (κ2) is 6.30. The molecule has 0 N–H and O–H groups in total. The number of Topliss-reactive ketones (excluding diaryl/α,β-unsaturated/α-hetero) is 1. The summed E-state index contributed by atoms with van der Waals surface area (Å²) in [5.74, 6) is -1.48. The standard InChI is InChI=1S/C17H20O5/c1-4-12-6-8-13(9-7-12)15(19)17(16(20)21-5-2)10-14(17)22-11(3)18/h6-9,14H,4-5,10H2,1-3H3/t14?,17-/m1/s1. The molecule has 5 heteroatoms. The summed E-state index contributed by atoms with van der Waals surface area (Å²) in [6, 6.07) is 7.11. The largest absolute Gasteiger partial charge is 0.465 e. The fourth-order valence-electron chi connectivity index (χ4n) is 2.53. The van der Waals surface area contributed by atoms with Gasteiger partial charge in [-0.15, -0.1) is 0 Å². The van der Waals surface area contributed by atoms with Gasteiger partial charge in [0.1, 0.15) is 6.10 Å². The Hall–Kier alpha value is -2.17. The average Bonchev–Trinajstić information content (AvgIpc) is 3.21. The molecule has 1 aliphatic carbocycles. The molecule has 1 aliphatic rings. The van der Waals surface area contributed by atoms with Crippen molar-refractivity contribution in [3.63, 3.8) is 0 Å². The fourth-order valence-corrected chi connectivity index (χ4v) is 2.53. The Morgan fingerprint density at radius 1 is 1.18 bits per heavy atom. The SMILES string of the molecule is CCOC(=O)[C@]1(C(=O)c2ccc(CC)cc2)CC1OC(C)=O. The van der Waals surface area contributed by atoms with E-state index in [4.69, 9.17) is 9.47 Å². The van der Waals surface area contributed by atoms with Crippen molar-refractivity contribution in [1.29, 1.82) is 0 Å². The Kier molecular flexibility index (Phi) is 4.64. The lowest BCUT2D eigenvalue weighted by atomic mass is 9.93. The molecule has 1 unspecified atom stereocenters. The fraction of sp³-hybridized carbons (Fsp3) is 0.471. The lowest BCUT2D eigenvalue weighted by Crippen LogP contribution is -2.32. The summed E-state index contributed by atoms with van der Waals surface area (Å²) in [7, 11) is 0. The molecule has 0 aliphatic heterocycles. The lowest BCUT2D eigenvalue weighted by molar-refractivity contribution is -0.151. The van der Waals surface area contributed by atoms with Crippen LogP contribution in [0.1, 0.15) is 43.1 Å². The van der Waals surface area contributed by atoms with E-state index < -0.39 is 23.5 Å². The van der Waals surface area contributed by atoms with E-state index in [0.29, 0.717) is 5.56 Å². The van der Waals surface area contributed by atoms with E-state index in [1.807, 2.05) is 19.1 Å².